The van der Waals surface area contributed by atoms with Crippen LogP contribution in [0.25, 0.3) is 0 Å². The van der Waals surface area contributed by atoms with Crippen molar-refractivity contribution in [2.24, 2.45) is 0 Å². The molecule has 0 fully saturated rings. The van der Waals surface area contributed by atoms with Gasteiger partial charge in [-0.2, -0.15) is 13.2 Å². The Morgan fingerprint density at radius 1 is 1.26 bits per heavy atom. The minimum Gasteiger partial charge on any atom is -0.348 e. The molecule has 2 aromatic heterocycles. The van der Waals surface area contributed by atoms with Crippen LogP contribution in [0.4, 0.5) is 13.2 Å². The Morgan fingerprint density at radius 3 is 2.65 bits per heavy atom. The maximum absolute atomic E-state index is 12.7. The van der Waals surface area contributed by atoms with Crippen molar-refractivity contribution in [1.82, 2.24) is 14.5 Å². The topological polar surface area (TPSA) is 38.1 Å². The summed E-state index contributed by atoms with van der Waals surface area (Å²) in [5.74, 6) is -0.288. The molecule has 1 atom stereocenters. The van der Waals surface area contributed by atoms with E-state index in [9.17, 15) is 18.0 Å². The van der Waals surface area contributed by atoms with Crippen LogP contribution in [-0.2, 0) is 12.7 Å². The van der Waals surface area contributed by atoms with Crippen LogP contribution in [0.3, 0.4) is 0 Å². The van der Waals surface area contributed by atoms with Gasteiger partial charge in [0.05, 0.1) is 17.3 Å². The van der Waals surface area contributed by atoms with Crippen LogP contribution in [0, 0.1) is 6.92 Å². The normalized spacial score (nSPS) is 18.0. The van der Waals surface area contributed by atoms with Gasteiger partial charge in [-0.05, 0) is 38.1 Å². The number of carbonyl (C=O) groups is 1. The van der Waals surface area contributed by atoms with Crippen LogP contribution in [0.5, 0.6) is 0 Å². The van der Waals surface area contributed by atoms with E-state index < -0.39 is 11.9 Å². The van der Waals surface area contributed by atoms with Gasteiger partial charge in [0.15, 0.2) is 0 Å². The number of aromatic nitrogens is 2. The minimum atomic E-state index is -4.51. The van der Waals surface area contributed by atoms with Crippen LogP contribution >= 0.6 is 0 Å². The Bertz CT molecular complexity index is 751. The van der Waals surface area contributed by atoms with Crippen LogP contribution < -0.4 is 0 Å². The van der Waals surface area contributed by atoms with Crippen molar-refractivity contribution < 1.29 is 18.0 Å². The van der Waals surface area contributed by atoms with Crippen molar-refractivity contribution in [3.05, 3.63) is 53.1 Å². The number of aryl methyl sites for hydroxylation is 1. The maximum Gasteiger partial charge on any atom is 0.433 e. The smallest absolute Gasteiger partial charge is 0.348 e. The lowest BCUT2D eigenvalue weighted by Crippen LogP contribution is -2.41. The first-order chi connectivity index (χ1) is 10.8. The van der Waals surface area contributed by atoms with Gasteiger partial charge in [-0.15, -0.1) is 0 Å². The number of hydrogen-bond donors (Lipinski definition) is 0. The molecule has 2 aromatic rings. The van der Waals surface area contributed by atoms with E-state index in [1.165, 1.54) is 13.0 Å². The number of fused-ring (bicyclic) bond motifs is 1. The molecule has 1 aliphatic heterocycles. The van der Waals surface area contributed by atoms with E-state index in [0.717, 1.165) is 11.8 Å². The predicted octanol–water partition coefficient (Wildman–Crippen LogP) is 3.43. The summed E-state index contributed by atoms with van der Waals surface area (Å²) in [7, 11) is 0. The molecule has 0 radical (unpaired) electrons. The minimum absolute atomic E-state index is 0.0954. The van der Waals surface area contributed by atoms with E-state index in [1.807, 2.05) is 25.3 Å². The third-order valence-electron chi connectivity index (χ3n) is 4.21. The first-order valence-corrected chi connectivity index (χ1v) is 7.30. The predicted molar refractivity (Wildman–Crippen MR) is 77.9 cm³/mol. The van der Waals surface area contributed by atoms with E-state index in [4.69, 9.17) is 0 Å². The van der Waals surface area contributed by atoms with Crippen molar-refractivity contribution in [2.45, 2.75) is 32.6 Å². The number of amides is 1. The third kappa shape index (κ3) is 2.71. The zero-order chi connectivity index (χ0) is 16.8. The Balaban J connectivity index is 1.90. The summed E-state index contributed by atoms with van der Waals surface area (Å²) in [5.41, 5.74) is 0.345. The second-order valence-corrected chi connectivity index (χ2v) is 5.63. The summed E-state index contributed by atoms with van der Waals surface area (Å²) in [6, 6.07) is 5.81. The van der Waals surface area contributed by atoms with Crippen LogP contribution in [-0.4, -0.2) is 26.9 Å². The molecular formula is C16H16F3N3O. The molecule has 0 saturated heterocycles. The summed E-state index contributed by atoms with van der Waals surface area (Å²) in [4.78, 5) is 17.9. The number of alkyl halides is 3. The number of nitrogens with zero attached hydrogens (tertiary/aromatic N) is 3. The lowest BCUT2D eigenvalue weighted by atomic mass is 10.1. The van der Waals surface area contributed by atoms with Gasteiger partial charge in [0, 0.05) is 25.0 Å². The summed E-state index contributed by atoms with van der Waals surface area (Å²) in [6.45, 7) is 4.53. The highest BCUT2D eigenvalue weighted by molar-refractivity contribution is 5.95. The molecule has 3 rings (SSSR count). The van der Waals surface area contributed by atoms with Gasteiger partial charge in [0.1, 0.15) is 5.69 Å². The molecule has 0 bridgehead atoms. The molecule has 122 valence electrons. The standard InChI is InChI=1S/C16H16F3N3O/c1-10-12(5-6-14(20-10)16(17,18)19)15(23)22-9-8-21-7-3-4-13(21)11(22)2/h3-7,11H,8-9H2,1-2H3. The van der Waals surface area contributed by atoms with Gasteiger partial charge in [0.25, 0.3) is 5.91 Å². The quantitative estimate of drug-likeness (QED) is 0.806. The van der Waals surface area contributed by atoms with Gasteiger partial charge < -0.3 is 9.47 Å². The average molecular weight is 323 g/mol. The van der Waals surface area contributed by atoms with Gasteiger partial charge in [-0.3, -0.25) is 4.79 Å². The molecule has 0 aromatic carbocycles. The van der Waals surface area contributed by atoms with E-state index in [-0.39, 0.29) is 23.2 Å². The zero-order valence-electron chi connectivity index (χ0n) is 12.8. The lowest BCUT2D eigenvalue weighted by molar-refractivity contribution is -0.141. The monoisotopic (exact) mass is 323 g/mol. The van der Waals surface area contributed by atoms with E-state index in [0.29, 0.717) is 13.1 Å². The Morgan fingerprint density at radius 2 is 2.00 bits per heavy atom. The molecule has 1 amide bonds. The SMILES string of the molecule is Cc1nc(C(F)(F)F)ccc1C(=O)N1CCn2cccc2C1C. The molecule has 3 heterocycles. The van der Waals surface area contributed by atoms with Gasteiger partial charge in [-0.25, -0.2) is 4.98 Å². The molecule has 0 N–H and O–H groups in total. The summed E-state index contributed by atoms with van der Waals surface area (Å²) >= 11 is 0. The largest absolute Gasteiger partial charge is 0.433 e. The molecule has 1 unspecified atom stereocenters. The second kappa shape index (κ2) is 5.40. The summed E-state index contributed by atoms with van der Waals surface area (Å²) in [6.07, 6.45) is -2.55. The molecular weight excluding hydrogens is 307 g/mol. The number of carbonyl (C=O) groups excluding carboxylic acids is 1. The van der Waals surface area contributed by atoms with Gasteiger partial charge in [0.2, 0.25) is 0 Å². The average Bonchev–Trinajstić information content (AvgIpc) is 2.95. The highest BCUT2D eigenvalue weighted by Crippen LogP contribution is 2.30. The molecule has 7 heteroatoms. The van der Waals surface area contributed by atoms with Crippen molar-refractivity contribution in [2.75, 3.05) is 6.54 Å². The van der Waals surface area contributed by atoms with Crippen molar-refractivity contribution in [1.29, 1.82) is 0 Å². The summed E-state index contributed by atoms with van der Waals surface area (Å²) < 4.78 is 40.1. The fourth-order valence-electron chi connectivity index (χ4n) is 2.96. The highest BCUT2D eigenvalue weighted by Gasteiger charge is 2.34. The molecule has 0 spiro atoms. The Labute approximate surface area is 131 Å². The fourth-order valence-corrected chi connectivity index (χ4v) is 2.96. The fraction of sp³-hybridized carbons (Fsp3) is 0.375. The molecule has 1 aliphatic rings. The second-order valence-electron chi connectivity index (χ2n) is 5.63. The van der Waals surface area contributed by atoms with E-state index in [2.05, 4.69) is 9.55 Å². The van der Waals surface area contributed by atoms with Crippen molar-refractivity contribution in [3.63, 3.8) is 0 Å². The number of pyridine rings is 1. The first-order valence-electron chi connectivity index (χ1n) is 7.30. The third-order valence-corrected chi connectivity index (χ3v) is 4.21. The molecule has 4 nitrogen and oxygen atoms in total. The molecule has 0 saturated carbocycles. The van der Waals surface area contributed by atoms with Crippen LogP contribution in [0.15, 0.2) is 30.5 Å². The first kappa shape index (κ1) is 15.6. The highest BCUT2D eigenvalue weighted by atomic mass is 19.4. The van der Waals surface area contributed by atoms with Gasteiger partial charge in [-0.1, -0.05) is 0 Å². The number of hydrogen-bond acceptors (Lipinski definition) is 2. The van der Waals surface area contributed by atoms with Crippen molar-refractivity contribution >= 4 is 5.91 Å². The summed E-state index contributed by atoms with van der Waals surface area (Å²) in [5, 5.41) is 0. The Kier molecular flexibility index (Phi) is 3.66. The van der Waals surface area contributed by atoms with E-state index in [1.54, 1.807) is 4.90 Å². The maximum atomic E-state index is 12.7. The van der Waals surface area contributed by atoms with Gasteiger partial charge >= 0.3 is 6.18 Å². The van der Waals surface area contributed by atoms with Crippen LogP contribution in [0.1, 0.15) is 40.4 Å². The zero-order valence-corrected chi connectivity index (χ0v) is 12.8. The Hall–Kier alpha value is -2.31. The van der Waals surface area contributed by atoms with E-state index >= 15 is 0 Å². The lowest BCUT2D eigenvalue weighted by Gasteiger charge is -2.35. The van der Waals surface area contributed by atoms with Crippen molar-refractivity contribution in [3.8, 4) is 0 Å². The molecule has 0 aliphatic carbocycles. The number of rotatable bonds is 1. The number of halogens is 3. The molecule has 23 heavy (non-hydrogen) atoms. The van der Waals surface area contributed by atoms with Crippen LogP contribution in [0.2, 0.25) is 0 Å².